The lowest BCUT2D eigenvalue weighted by atomic mass is 10.2. The van der Waals surface area contributed by atoms with Gasteiger partial charge in [-0.25, -0.2) is 0 Å². The molecule has 1 saturated heterocycles. The number of nitrogen functional groups attached to an aromatic ring is 1. The van der Waals surface area contributed by atoms with Crippen LogP contribution in [0.4, 0.5) is 11.4 Å². The number of anilines is 2. The molecular weight excluding hydrogens is 204 g/mol. The number of nitrogens with two attached hydrogens (primary N) is 1. The summed E-state index contributed by atoms with van der Waals surface area (Å²) in [5.74, 6) is 0.873. The van der Waals surface area contributed by atoms with Gasteiger partial charge < -0.3 is 20.1 Å². The van der Waals surface area contributed by atoms with Gasteiger partial charge in [-0.1, -0.05) is 0 Å². The first kappa shape index (κ1) is 11.1. The van der Waals surface area contributed by atoms with Gasteiger partial charge in [-0.2, -0.15) is 0 Å². The average molecular weight is 222 g/mol. The Hall–Kier alpha value is -1.42. The lowest BCUT2D eigenvalue weighted by molar-refractivity contribution is 0.122. The van der Waals surface area contributed by atoms with Crippen LogP contribution in [0.1, 0.15) is 6.92 Å². The maximum Gasteiger partial charge on any atom is 0.121 e. The largest absolute Gasteiger partial charge is 0.494 e. The number of morpholine rings is 1. The lowest BCUT2D eigenvalue weighted by Crippen LogP contribution is -2.36. The third kappa shape index (κ3) is 2.39. The predicted molar refractivity (Wildman–Crippen MR) is 65.1 cm³/mol. The lowest BCUT2D eigenvalue weighted by Gasteiger charge is -2.30. The summed E-state index contributed by atoms with van der Waals surface area (Å²) in [6.45, 7) is 5.95. The van der Waals surface area contributed by atoms with Crippen molar-refractivity contribution in [3.05, 3.63) is 18.2 Å². The summed E-state index contributed by atoms with van der Waals surface area (Å²) in [7, 11) is 0. The first-order chi connectivity index (χ1) is 7.81. The molecule has 0 aliphatic carbocycles. The van der Waals surface area contributed by atoms with E-state index in [2.05, 4.69) is 4.90 Å². The van der Waals surface area contributed by atoms with Crippen LogP contribution >= 0.6 is 0 Å². The molecule has 1 fully saturated rings. The van der Waals surface area contributed by atoms with Crippen molar-refractivity contribution in [1.29, 1.82) is 0 Å². The van der Waals surface area contributed by atoms with Crippen LogP contribution in [-0.4, -0.2) is 32.9 Å². The summed E-state index contributed by atoms with van der Waals surface area (Å²) in [4.78, 5) is 2.24. The molecule has 0 aromatic heterocycles. The zero-order valence-corrected chi connectivity index (χ0v) is 9.61. The van der Waals surface area contributed by atoms with Crippen molar-refractivity contribution in [3.63, 3.8) is 0 Å². The fourth-order valence-corrected chi connectivity index (χ4v) is 1.86. The molecule has 1 aliphatic heterocycles. The Morgan fingerprint density at radius 3 is 2.81 bits per heavy atom. The molecule has 4 heteroatoms. The molecule has 0 bridgehead atoms. The SMILES string of the molecule is CCOc1ccc(N)c(N2CCOCC2)c1. The minimum Gasteiger partial charge on any atom is -0.494 e. The number of ether oxygens (including phenoxy) is 2. The molecular formula is C12H18N2O2. The minimum atomic E-state index is 0.673. The highest BCUT2D eigenvalue weighted by atomic mass is 16.5. The van der Waals surface area contributed by atoms with Gasteiger partial charge in [-0.05, 0) is 19.1 Å². The van der Waals surface area contributed by atoms with Gasteiger partial charge in [-0.15, -0.1) is 0 Å². The van der Waals surface area contributed by atoms with Gasteiger partial charge in [0.05, 0.1) is 31.2 Å². The normalized spacial score (nSPS) is 16.2. The highest BCUT2D eigenvalue weighted by Crippen LogP contribution is 2.28. The van der Waals surface area contributed by atoms with E-state index < -0.39 is 0 Å². The van der Waals surface area contributed by atoms with Crippen molar-refractivity contribution < 1.29 is 9.47 Å². The monoisotopic (exact) mass is 222 g/mol. The van der Waals surface area contributed by atoms with E-state index in [4.69, 9.17) is 15.2 Å². The first-order valence-corrected chi connectivity index (χ1v) is 5.66. The molecule has 1 aliphatic rings. The van der Waals surface area contributed by atoms with Crippen LogP contribution in [0.15, 0.2) is 18.2 Å². The number of hydrogen-bond acceptors (Lipinski definition) is 4. The Bertz CT molecular complexity index is 349. The van der Waals surface area contributed by atoms with E-state index in [9.17, 15) is 0 Å². The third-order valence-electron chi connectivity index (χ3n) is 2.66. The summed E-state index contributed by atoms with van der Waals surface area (Å²) in [6, 6.07) is 5.81. The highest BCUT2D eigenvalue weighted by Gasteiger charge is 2.14. The molecule has 0 saturated carbocycles. The minimum absolute atomic E-state index is 0.673. The Morgan fingerprint density at radius 1 is 1.38 bits per heavy atom. The summed E-state index contributed by atoms with van der Waals surface area (Å²) in [5, 5.41) is 0. The molecule has 1 aromatic carbocycles. The molecule has 2 N–H and O–H groups in total. The molecule has 4 nitrogen and oxygen atoms in total. The summed E-state index contributed by atoms with van der Waals surface area (Å²) in [5.41, 5.74) is 7.83. The Balaban J connectivity index is 2.19. The molecule has 2 rings (SSSR count). The fourth-order valence-electron chi connectivity index (χ4n) is 1.86. The van der Waals surface area contributed by atoms with Gasteiger partial charge in [0, 0.05) is 19.2 Å². The number of hydrogen-bond donors (Lipinski definition) is 1. The van der Waals surface area contributed by atoms with Gasteiger partial charge in [-0.3, -0.25) is 0 Å². The standard InChI is InChI=1S/C12H18N2O2/c1-2-16-10-3-4-11(13)12(9-10)14-5-7-15-8-6-14/h3-4,9H,2,5-8,13H2,1H3. The topological polar surface area (TPSA) is 47.7 Å². The van der Waals surface area contributed by atoms with Crippen molar-refractivity contribution in [2.75, 3.05) is 43.5 Å². The van der Waals surface area contributed by atoms with Crippen LogP contribution in [0.25, 0.3) is 0 Å². The maximum absolute atomic E-state index is 5.98. The second kappa shape index (κ2) is 5.07. The fraction of sp³-hybridized carbons (Fsp3) is 0.500. The number of rotatable bonds is 3. The molecule has 88 valence electrons. The molecule has 1 aromatic rings. The van der Waals surface area contributed by atoms with Crippen LogP contribution in [0, 0.1) is 0 Å². The Morgan fingerprint density at radius 2 is 2.12 bits per heavy atom. The van der Waals surface area contributed by atoms with Gasteiger partial charge in [0.15, 0.2) is 0 Å². The second-order valence-electron chi connectivity index (χ2n) is 3.75. The molecule has 0 radical (unpaired) electrons. The third-order valence-corrected chi connectivity index (χ3v) is 2.66. The van der Waals surface area contributed by atoms with Crippen LogP contribution in [0.2, 0.25) is 0 Å². The van der Waals surface area contributed by atoms with E-state index in [1.54, 1.807) is 0 Å². The van der Waals surface area contributed by atoms with Crippen LogP contribution in [0.3, 0.4) is 0 Å². The quantitative estimate of drug-likeness (QED) is 0.787. The number of benzene rings is 1. The number of nitrogens with zero attached hydrogens (tertiary/aromatic N) is 1. The predicted octanol–water partition coefficient (Wildman–Crippen LogP) is 1.50. The van der Waals surface area contributed by atoms with Crippen LogP contribution in [0.5, 0.6) is 5.75 Å². The van der Waals surface area contributed by atoms with E-state index in [-0.39, 0.29) is 0 Å². The van der Waals surface area contributed by atoms with E-state index in [0.29, 0.717) is 6.61 Å². The molecule has 1 heterocycles. The molecule has 0 atom stereocenters. The van der Waals surface area contributed by atoms with E-state index in [1.807, 2.05) is 25.1 Å². The van der Waals surface area contributed by atoms with E-state index >= 15 is 0 Å². The van der Waals surface area contributed by atoms with Crippen molar-refractivity contribution >= 4 is 11.4 Å². The Kier molecular flexibility index (Phi) is 3.51. The van der Waals surface area contributed by atoms with Gasteiger partial charge in [0.1, 0.15) is 5.75 Å². The summed E-state index contributed by atoms with van der Waals surface area (Å²) in [6.07, 6.45) is 0. The first-order valence-electron chi connectivity index (χ1n) is 5.66. The zero-order chi connectivity index (χ0) is 11.4. The zero-order valence-electron chi connectivity index (χ0n) is 9.61. The molecule has 16 heavy (non-hydrogen) atoms. The maximum atomic E-state index is 5.98. The van der Waals surface area contributed by atoms with Gasteiger partial charge in [0.2, 0.25) is 0 Å². The van der Waals surface area contributed by atoms with E-state index in [1.165, 1.54) is 0 Å². The summed E-state index contributed by atoms with van der Waals surface area (Å²) >= 11 is 0. The average Bonchev–Trinajstić information content (AvgIpc) is 2.33. The smallest absolute Gasteiger partial charge is 0.121 e. The molecule has 0 amide bonds. The Labute approximate surface area is 95.9 Å². The molecule has 0 spiro atoms. The van der Waals surface area contributed by atoms with Crippen molar-refractivity contribution in [3.8, 4) is 5.75 Å². The van der Waals surface area contributed by atoms with Crippen LogP contribution in [-0.2, 0) is 4.74 Å². The van der Waals surface area contributed by atoms with Crippen LogP contribution < -0.4 is 15.4 Å². The second-order valence-corrected chi connectivity index (χ2v) is 3.75. The van der Waals surface area contributed by atoms with Crippen molar-refractivity contribution in [2.45, 2.75) is 6.92 Å². The summed E-state index contributed by atoms with van der Waals surface area (Å²) < 4.78 is 10.8. The molecule has 0 unspecified atom stereocenters. The van der Waals surface area contributed by atoms with Gasteiger partial charge >= 0.3 is 0 Å². The van der Waals surface area contributed by atoms with Crippen molar-refractivity contribution in [2.24, 2.45) is 0 Å². The van der Waals surface area contributed by atoms with Gasteiger partial charge in [0.25, 0.3) is 0 Å². The van der Waals surface area contributed by atoms with Crippen molar-refractivity contribution in [1.82, 2.24) is 0 Å². The highest BCUT2D eigenvalue weighted by molar-refractivity contribution is 5.69. The van der Waals surface area contributed by atoms with E-state index in [0.717, 1.165) is 43.4 Å².